The first-order valence-electron chi connectivity index (χ1n) is 10.3. The number of rotatable bonds is 8. The number of ether oxygens (including phenoxy) is 1. The Morgan fingerprint density at radius 2 is 1.19 bits per heavy atom. The van der Waals surface area contributed by atoms with E-state index in [1.54, 1.807) is 25.3 Å². The van der Waals surface area contributed by atoms with Crippen LogP contribution in [0.5, 0.6) is 5.75 Å². The molecule has 4 aromatic rings. The van der Waals surface area contributed by atoms with Crippen LogP contribution in [-0.4, -0.2) is 12.9 Å². The maximum Gasteiger partial charge on any atom is 0.205 e. The van der Waals surface area contributed by atoms with Gasteiger partial charge in [0.05, 0.1) is 7.11 Å². The topological polar surface area (TPSA) is 55.4 Å². The highest BCUT2D eigenvalue weighted by atomic mass is 31.2. The fourth-order valence-electron chi connectivity index (χ4n) is 3.70. The van der Waals surface area contributed by atoms with Gasteiger partial charge in [-0.3, -0.25) is 9.36 Å². The average molecular weight is 441 g/mol. The highest BCUT2D eigenvalue weighted by Crippen LogP contribution is 2.43. The lowest BCUT2D eigenvalue weighted by Crippen LogP contribution is -2.34. The lowest BCUT2D eigenvalue weighted by Gasteiger charge is -2.27. The third-order valence-electron chi connectivity index (χ3n) is 5.32. The van der Waals surface area contributed by atoms with Gasteiger partial charge in [0.1, 0.15) is 11.8 Å². The van der Waals surface area contributed by atoms with E-state index in [2.05, 4.69) is 5.09 Å². The first kappa shape index (κ1) is 21.8. The van der Waals surface area contributed by atoms with Gasteiger partial charge in [-0.15, -0.1) is 0 Å². The molecule has 0 aliphatic heterocycles. The molecule has 4 nitrogen and oxygen atoms in total. The number of nitrogens with one attached hydrogen (secondary N) is 1. The predicted molar refractivity (Wildman–Crippen MR) is 129 cm³/mol. The van der Waals surface area contributed by atoms with E-state index >= 15 is 0 Å². The molecule has 0 bridgehead atoms. The molecule has 0 saturated heterocycles. The minimum Gasteiger partial charge on any atom is -0.496 e. The zero-order chi connectivity index (χ0) is 22.4. The molecule has 1 unspecified atom stereocenters. The Hall–Kier alpha value is -3.46. The molecule has 0 amide bonds. The number of hydrogen-bond donors (Lipinski definition) is 1. The van der Waals surface area contributed by atoms with E-state index < -0.39 is 13.3 Å². The molecule has 0 aliphatic rings. The Kier molecular flexibility index (Phi) is 6.65. The second-order valence-corrected chi connectivity index (χ2v) is 9.82. The van der Waals surface area contributed by atoms with E-state index in [1.165, 1.54) is 0 Å². The molecule has 0 saturated carbocycles. The Bertz CT molecular complexity index is 1180. The van der Waals surface area contributed by atoms with E-state index in [0.717, 1.165) is 0 Å². The van der Waals surface area contributed by atoms with E-state index in [4.69, 9.17) is 4.74 Å². The predicted octanol–water partition coefficient (Wildman–Crippen LogP) is 5.14. The summed E-state index contributed by atoms with van der Waals surface area (Å²) in [5.41, 5.74) is 1.17. The number of methoxy groups -OCH3 is 1. The van der Waals surface area contributed by atoms with Crippen LogP contribution < -0.4 is 20.4 Å². The van der Waals surface area contributed by atoms with E-state index in [1.807, 2.05) is 97.1 Å². The molecule has 32 heavy (non-hydrogen) atoms. The third-order valence-corrected chi connectivity index (χ3v) is 7.99. The standard InChI is InChI=1S/C27H24NO3P/c1-31-25-20-12-11-19-24(25)26(27(29)21-13-5-2-6-14-21)28-32(30,22-15-7-3-8-16-22)23-17-9-4-10-18-23/h2-20,26H,1H3,(H,28,30). The molecule has 1 atom stereocenters. The maximum absolute atomic E-state index is 14.6. The van der Waals surface area contributed by atoms with Gasteiger partial charge in [0.25, 0.3) is 0 Å². The molecule has 0 heterocycles. The average Bonchev–Trinajstić information content (AvgIpc) is 2.88. The van der Waals surface area contributed by atoms with Crippen LogP contribution in [0, 0.1) is 0 Å². The molecular formula is C27H24NO3P. The van der Waals surface area contributed by atoms with Gasteiger partial charge in [0.2, 0.25) is 7.29 Å². The molecule has 5 heteroatoms. The maximum atomic E-state index is 14.6. The van der Waals surface area contributed by atoms with Crippen LogP contribution in [0.1, 0.15) is 22.0 Å². The summed E-state index contributed by atoms with van der Waals surface area (Å²) >= 11 is 0. The highest BCUT2D eigenvalue weighted by molar-refractivity contribution is 7.77. The normalized spacial score (nSPS) is 12.2. The zero-order valence-corrected chi connectivity index (χ0v) is 18.6. The smallest absolute Gasteiger partial charge is 0.205 e. The number of carbonyl (C=O) groups is 1. The Morgan fingerprint density at radius 1 is 0.719 bits per heavy atom. The zero-order valence-electron chi connectivity index (χ0n) is 17.7. The van der Waals surface area contributed by atoms with Crippen molar-refractivity contribution in [3.8, 4) is 5.75 Å². The molecule has 4 aromatic carbocycles. The van der Waals surface area contributed by atoms with Crippen molar-refractivity contribution in [1.82, 2.24) is 5.09 Å². The highest BCUT2D eigenvalue weighted by Gasteiger charge is 2.35. The molecule has 0 fully saturated rings. The van der Waals surface area contributed by atoms with Gasteiger partial charge in [0.15, 0.2) is 5.78 Å². The number of Topliss-reactive ketones (excluding diaryl/α,β-unsaturated/α-hetero) is 1. The molecule has 0 aromatic heterocycles. The van der Waals surface area contributed by atoms with Crippen LogP contribution in [-0.2, 0) is 4.57 Å². The largest absolute Gasteiger partial charge is 0.496 e. The summed E-state index contributed by atoms with van der Waals surface area (Å²) in [6, 6.07) is 34.0. The van der Waals surface area contributed by atoms with Gasteiger partial charge in [0, 0.05) is 21.7 Å². The van der Waals surface area contributed by atoms with Crippen LogP contribution in [0.4, 0.5) is 0 Å². The quantitative estimate of drug-likeness (QED) is 0.304. The fourth-order valence-corrected chi connectivity index (χ4v) is 6.10. The van der Waals surface area contributed by atoms with Crippen LogP contribution in [0.2, 0.25) is 0 Å². The van der Waals surface area contributed by atoms with Crippen molar-refractivity contribution in [3.63, 3.8) is 0 Å². The number of carbonyl (C=O) groups excluding carboxylic acids is 1. The molecule has 4 rings (SSSR count). The van der Waals surface area contributed by atoms with Gasteiger partial charge in [-0.05, 0) is 30.3 Å². The first-order valence-corrected chi connectivity index (χ1v) is 12.1. The summed E-state index contributed by atoms with van der Waals surface area (Å²) in [5, 5.41) is 4.54. The summed E-state index contributed by atoms with van der Waals surface area (Å²) in [6.45, 7) is 0. The molecule has 0 spiro atoms. The second kappa shape index (κ2) is 9.78. The summed E-state index contributed by atoms with van der Waals surface area (Å²) in [6.07, 6.45) is 0. The summed E-state index contributed by atoms with van der Waals surface area (Å²) in [4.78, 5) is 13.7. The van der Waals surface area contributed by atoms with Gasteiger partial charge < -0.3 is 4.74 Å². The molecule has 1 N–H and O–H groups in total. The van der Waals surface area contributed by atoms with Crippen LogP contribution >= 0.6 is 7.29 Å². The lowest BCUT2D eigenvalue weighted by molar-refractivity contribution is 0.0952. The minimum absolute atomic E-state index is 0.179. The minimum atomic E-state index is -3.38. The molecule has 0 radical (unpaired) electrons. The van der Waals surface area contributed by atoms with Crippen molar-refractivity contribution >= 4 is 23.7 Å². The van der Waals surface area contributed by atoms with Crippen molar-refractivity contribution < 1.29 is 14.1 Å². The second-order valence-electron chi connectivity index (χ2n) is 7.31. The van der Waals surface area contributed by atoms with Crippen LogP contribution in [0.15, 0.2) is 115 Å². The number of hydrogen-bond acceptors (Lipinski definition) is 3. The van der Waals surface area contributed by atoms with Crippen molar-refractivity contribution in [2.75, 3.05) is 7.11 Å². The summed E-state index contributed by atoms with van der Waals surface area (Å²) in [5.74, 6) is 0.379. The van der Waals surface area contributed by atoms with Crippen molar-refractivity contribution in [2.24, 2.45) is 0 Å². The first-order chi connectivity index (χ1) is 15.6. The lowest BCUT2D eigenvalue weighted by atomic mass is 9.97. The SMILES string of the molecule is COc1ccccc1C(NP(=O)(c1ccccc1)c1ccccc1)C(=O)c1ccccc1. The van der Waals surface area contributed by atoms with Crippen molar-refractivity contribution in [3.05, 3.63) is 126 Å². The number of benzene rings is 4. The Balaban J connectivity index is 1.88. The molecular weight excluding hydrogens is 417 g/mol. The number of para-hydroxylation sites is 1. The summed E-state index contributed by atoms with van der Waals surface area (Å²) < 4.78 is 20.2. The van der Waals surface area contributed by atoms with Crippen LogP contribution in [0.3, 0.4) is 0 Å². The van der Waals surface area contributed by atoms with Gasteiger partial charge >= 0.3 is 0 Å². The van der Waals surface area contributed by atoms with Crippen LogP contribution in [0.25, 0.3) is 0 Å². The molecule has 0 aliphatic carbocycles. The Morgan fingerprint density at radius 3 is 1.72 bits per heavy atom. The third kappa shape index (κ3) is 4.43. The molecule has 160 valence electrons. The van der Waals surface area contributed by atoms with Gasteiger partial charge in [-0.2, -0.15) is 0 Å². The van der Waals surface area contributed by atoms with Gasteiger partial charge in [-0.25, -0.2) is 5.09 Å². The monoisotopic (exact) mass is 441 g/mol. The van der Waals surface area contributed by atoms with Crippen molar-refractivity contribution in [2.45, 2.75) is 6.04 Å². The van der Waals surface area contributed by atoms with E-state index in [9.17, 15) is 9.36 Å². The van der Waals surface area contributed by atoms with Crippen molar-refractivity contribution in [1.29, 1.82) is 0 Å². The summed E-state index contributed by atoms with van der Waals surface area (Å²) in [7, 11) is -1.81. The fraction of sp³-hybridized carbons (Fsp3) is 0.0741. The van der Waals surface area contributed by atoms with E-state index in [0.29, 0.717) is 27.5 Å². The van der Waals surface area contributed by atoms with E-state index in [-0.39, 0.29) is 5.78 Å². The number of ketones is 1. The Labute approximate surface area is 188 Å². The van der Waals surface area contributed by atoms with Gasteiger partial charge in [-0.1, -0.05) is 84.9 Å².